The van der Waals surface area contributed by atoms with E-state index in [1.54, 1.807) is 13.0 Å². The van der Waals surface area contributed by atoms with Gasteiger partial charge in [-0.3, -0.25) is 4.79 Å². The van der Waals surface area contributed by atoms with Gasteiger partial charge < -0.3 is 19.4 Å². The number of carbonyl (C=O) groups excluding carboxylic acids is 1. The number of benzene rings is 1. The highest BCUT2D eigenvalue weighted by Gasteiger charge is 2.56. The summed E-state index contributed by atoms with van der Waals surface area (Å²) in [5.41, 5.74) is -0.154. The lowest BCUT2D eigenvalue weighted by molar-refractivity contribution is -0.274. The Hall–Kier alpha value is -3.00. The van der Waals surface area contributed by atoms with Crippen molar-refractivity contribution in [3.63, 3.8) is 0 Å². The third kappa shape index (κ3) is 4.46. The number of nitrogens with zero attached hydrogens (tertiary/aromatic N) is 1. The second-order valence-electron chi connectivity index (χ2n) is 8.02. The molecule has 2 aromatic heterocycles. The lowest BCUT2D eigenvalue weighted by atomic mass is 9.95. The Bertz CT molecular complexity index is 1090. The van der Waals surface area contributed by atoms with E-state index < -0.39 is 29.9 Å². The SMILES string of the molecule is Cc1ccc([C@@](O)(CCNC(=O)c2cc(C)n([C@H](C)c3ccccc3)c2C)C(F)(F)F)o1. The van der Waals surface area contributed by atoms with Crippen LogP contribution in [0.4, 0.5) is 13.2 Å². The average molecular weight is 448 g/mol. The number of alkyl halides is 3. The van der Waals surface area contributed by atoms with Gasteiger partial charge in [-0.15, -0.1) is 0 Å². The first-order valence-electron chi connectivity index (χ1n) is 10.3. The van der Waals surface area contributed by atoms with Crippen molar-refractivity contribution in [1.29, 1.82) is 0 Å². The van der Waals surface area contributed by atoms with E-state index in [4.69, 9.17) is 4.42 Å². The fourth-order valence-corrected chi connectivity index (χ4v) is 4.00. The van der Waals surface area contributed by atoms with Gasteiger partial charge >= 0.3 is 6.18 Å². The second kappa shape index (κ2) is 8.86. The van der Waals surface area contributed by atoms with Crippen LogP contribution in [0.15, 0.2) is 52.9 Å². The van der Waals surface area contributed by atoms with Gasteiger partial charge in [0.2, 0.25) is 5.60 Å². The molecule has 0 radical (unpaired) electrons. The van der Waals surface area contributed by atoms with Crippen molar-refractivity contribution in [3.8, 4) is 0 Å². The van der Waals surface area contributed by atoms with Gasteiger partial charge in [-0.25, -0.2) is 0 Å². The maximum Gasteiger partial charge on any atom is 0.424 e. The number of aliphatic hydroxyl groups is 1. The molecule has 0 aliphatic rings. The van der Waals surface area contributed by atoms with Crippen molar-refractivity contribution in [2.75, 3.05) is 6.54 Å². The second-order valence-corrected chi connectivity index (χ2v) is 8.02. The Balaban J connectivity index is 1.75. The van der Waals surface area contributed by atoms with Crippen molar-refractivity contribution in [1.82, 2.24) is 9.88 Å². The Morgan fingerprint density at radius 1 is 1.12 bits per heavy atom. The van der Waals surface area contributed by atoms with Crippen LogP contribution in [0.3, 0.4) is 0 Å². The normalized spacial score (nSPS) is 14.8. The van der Waals surface area contributed by atoms with Crippen LogP contribution in [0.5, 0.6) is 0 Å². The molecule has 1 amide bonds. The molecule has 8 heteroatoms. The quantitative estimate of drug-likeness (QED) is 0.523. The first kappa shape index (κ1) is 23.7. The van der Waals surface area contributed by atoms with E-state index in [2.05, 4.69) is 5.32 Å². The lowest BCUT2D eigenvalue weighted by Gasteiger charge is -2.28. The van der Waals surface area contributed by atoms with E-state index in [0.717, 1.165) is 17.3 Å². The van der Waals surface area contributed by atoms with Gasteiger partial charge in [0.1, 0.15) is 11.5 Å². The monoisotopic (exact) mass is 448 g/mol. The van der Waals surface area contributed by atoms with Crippen molar-refractivity contribution >= 4 is 5.91 Å². The number of halogens is 3. The predicted octanol–water partition coefficient (Wildman–Crippen LogP) is 5.19. The molecule has 0 bridgehead atoms. The fourth-order valence-electron chi connectivity index (χ4n) is 4.00. The molecule has 2 heterocycles. The highest BCUT2D eigenvalue weighted by atomic mass is 19.4. The van der Waals surface area contributed by atoms with Crippen LogP contribution in [0, 0.1) is 20.8 Å². The van der Waals surface area contributed by atoms with Gasteiger partial charge in [-0.05, 0) is 51.5 Å². The van der Waals surface area contributed by atoms with Crippen LogP contribution in [-0.2, 0) is 5.60 Å². The fraction of sp³-hybridized carbons (Fsp3) is 0.375. The number of aromatic nitrogens is 1. The van der Waals surface area contributed by atoms with Crippen molar-refractivity contribution < 1.29 is 27.5 Å². The largest absolute Gasteiger partial charge is 0.463 e. The minimum absolute atomic E-state index is 0.0183. The zero-order valence-corrected chi connectivity index (χ0v) is 18.5. The minimum atomic E-state index is -4.96. The van der Waals surface area contributed by atoms with E-state index in [9.17, 15) is 23.1 Å². The standard InChI is InChI=1S/C24H27F3N2O3/c1-15-14-20(18(4)29(15)17(3)19-8-6-5-7-9-19)22(30)28-13-12-23(31,24(25,26)27)21-11-10-16(2)32-21/h5-11,14,17,31H,12-13H2,1-4H3,(H,28,30)/t17-,23+/m1/s1. The Morgan fingerprint density at radius 3 is 2.34 bits per heavy atom. The smallest absolute Gasteiger partial charge is 0.424 e. The molecule has 172 valence electrons. The van der Waals surface area contributed by atoms with E-state index in [0.29, 0.717) is 11.3 Å². The molecule has 0 aliphatic carbocycles. The van der Waals surface area contributed by atoms with E-state index in [1.165, 1.54) is 13.0 Å². The lowest BCUT2D eigenvalue weighted by Crippen LogP contribution is -2.44. The van der Waals surface area contributed by atoms with Crippen LogP contribution in [0.1, 0.15) is 58.2 Å². The topological polar surface area (TPSA) is 67.4 Å². The summed E-state index contributed by atoms with van der Waals surface area (Å²) in [5.74, 6) is -0.830. The number of nitrogens with one attached hydrogen (secondary N) is 1. The van der Waals surface area contributed by atoms with Crippen LogP contribution >= 0.6 is 0 Å². The highest BCUT2D eigenvalue weighted by molar-refractivity contribution is 5.95. The van der Waals surface area contributed by atoms with E-state index in [1.807, 2.05) is 48.7 Å². The number of furan rings is 1. The number of aryl methyl sites for hydroxylation is 2. The van der Waals surface area contributed by atoms with Crippen molar-refractivity contribution in [2.24, 2.45) is 0 Å². The molecule has 2 atom stereocenters. The summed E-state index contributed by atoms with van der Waals surface area (Å²) in [7, 11) is 0. The summed E-state index contributed by atoms with van der Waals surface area (Å²) in [6, 6.07) is 14.0. The molecule has 0 unspecified atom stereocenters. The van der Waals surface area contributed by atoms with Crippen LogP contribution < -0.4 is 5.32 Å². The number of hydrogen-bond donors (Lipinski definition) is 2. The molecule has 0 aliphatic heterocycles. The molecule has 3 aromatic rings. The molecule has 0 fully saturated rings. The zero-order chi connectivity index (χ0) is 23.7. The molecule has 1 aromatic carbocycles. The first-order valence-corrected chi connectivity index (χ1v) is 10.3. The third-order valence-electron chi connectivity index (χ3n) is 5.79. The van der Waals surface area contributed by atoms with Gasteiger partial charge in [0, 0.05) is 24.4 Å². The summed E-state index contributed by atoms with van der Waals surface area (Å²) in [4.78, 5) is 12.8. The third-order valence-corrected chi connectivity index (χ3v) is 5.79. The van der Waals surface area contributed by atoms with Crippen LogP contribution in [0.2, 0.25) is 0 Å². The maximum atomic E-state index is 13.6. The predicted molar refractivity (Wildman–Crippen MR) is 115 cm³/mol. The van der Waals surface area contributed by atoms with E-state index in [-0.39, 0.29) is 18.3 Å². The summed E-state index contributed by atoms with van der Waals surface area (Å²) in [5, 5.41) is 12.9. The molecule has 0 saturated heterocycles. The Kier molecular flexibility index (Phi) is 6.55. The molecular formula is C24H27F3N2O3. The number of rotatable bonds is 7. The summed E-state index contributed by atoms with van der Waals surface area (Å²) in [6.07, 6.45) is -5.72. The minimum Gasteiger partial charge on any atom is -0.463 e. The highest BCUT2D eigenvalue weighted by Crippen LogP contribution is 2.42. The van der Waals surface area contributed by atoms with E-state index >= 15 is 0 Å². The summed E-state index contributed by atoms with van der Waals surface area (Å²) >= 11 is 0. The van der Waals surface area contributed by atoms with Crippen molar-refractivity contribution in [2.45, 2.75) is 51.9 Å². The zero-order valence-electron chi connectivity index (χ0n) is 18.5. The average Bonchev–Trinajstić information content (AvgIpc) is 3.30. The summed E-state index contributed by atoms with van der Waals surface area (Å²) < 4.78 is 47.8. The number of amides is 1. The maximum absolute atomic E-state index is 13.6. The van der Waals surface area contributed by atoms with Crippen LogP contribution in [-0.4, -0.2) is 28.3 Å². The van der Waals surface area contributed by atoms with Gasteiger partial charge in [0.15, 0.2) is 0 Å². The Labute approximate surface area is 184 Å². The molecular weight excluding hydrogens is 421 g/mol. The van der Waals surface area contributed by atoms with Gasteiger partial charge in [0.05, 0.1) is 11.6 Å². The molecule has 0 saturated carbocycles. The van der Waals surface area contributed by atoms with Crippen LogP contribution in [0.25, 0.3) is 0 Å². The van der Waals surface area contributed by atoms with Gasteiger partial charge in [-0.2, -0.15) is 13.2 Å². The molecule has 3 rings (SSSR count). The summed E-state index contributed by atoms with van der Waals surface area (Å²) in [6.45, 7) is 6.82. The van der Waals surface area contributed by atoms with Gasteiger partial charge in [-0.1, -0.05) is 30.3 Å². The Morgan fingerprint density at radius 2 is 1.78 bits per heavy atom. The first-order chi connectivity index (χ1) is 15.0. The molecule has 32 heavy (non-hydrogen) atoms. The molecule has 0 spiro atoms. The number of hydrogen-bond acceptors (Lipinski definition) is 3. The van der Waals surface area contributed by atoms with Crippen molar-refractivity contribution in [3.05, 3.63) is 82.6 Å². The van der Waals surface area contributed by atoms with Gasteiger partial charge in [0.25, 0.3) is 5.91 Å². The molecule has 2 N–H and O–H groups in total. The number of carbonyl (C=O) groups is 1. The molecule has 5 nitrogen and oxygen atoms in total.